The third-order valence-electron chi connectivity index (χ3n) is 3.27. The Hall–Kier alpha value is -3.43. The molecule has 2 N–H and O–H groups in total. The second-order valence-corrected chi connectivity index (χ2v) is 5.13. The van der Waals surface area contributed by atoms with Crippen LogP contribution in [0.15, 0.2) is 36.7 Å². The highest BCUT2D eigenvalue weighted by Crippen LogP contribution is 2.28. The average Bonchev–Trinajstić information content (AvgIpc) is 3.12. The van der Waals surface area contributed by atoms with Crippen LogP contribution in [-0.2, 0) is 20.9 Å². The summed E-state index contributed by atoms with van der Waals surface area (Å²) in [6.45, 7) is -3.45. The van der Waals surface area contributed by atoms with Gasteiger partial charge in [-0.1, -0.05) is 6.07 Å². The molecule has 144 valence electrons. The van der Waals surface area contributed by atoms with E-state index in [0.29, 0.717) is 21.6 Å². The van der Waals surface area contributed by atoms with Crippen molar-refractivity contribution in [1.82, 2.24) is 9.55 Å². The van der Waals surface area contributed by atoms with Crippen LogP contribution in [0.5, 0.6) is 11.5 Å². The maximum absolute atomic E-state index is 12.7. The lowest BCUT2D eigenvalue weighted by Gasteiger charge is -2.10. The van der Waals surface area contributed by atoms with Gasteiger partial charge in [-0.15, -0.1) is 0 Å². The van der Waals surface area contributed by atoms with E-state index in [9.17, 15) is 18.4 Å². The fraction of sp³-hybridized carbons (Fsp3) is 0.235. The quantitative estimate of drug-likeness (QED) is 0.525. The van der Waals surface area contributed by atoms with E-state index in [1.54, 1.807) is 18.2 Å². The van der Waals surface area contributed by atoms with Crippen LogP contribution >= 0.6 is 0 Å². The molecule has 0 saturated heterocycles. The Balaban J connectivity index is 1.97. The Bertz CT molecular complexity index is 836. The third kappa shape index (κ3) is 5.80. The van der Waals surface area contributed by atoms with E-state index in [1.165, 1.54) is 19.4 Å². The second-order valence-electron chi connectivity index (χ2n) is 5.13. The molecule has 0 unspecified atom stereocenters. The van der Waals surface area contributed by atoms with Gasteiger partial charge in [0.05, 0.1) is 7.11 Å². The molecule has 8 nitrogen and oxygen atoms in total. The molecule has 1 amide bonds. The number of benzene rings is 1. The van der Waals surface area contributed by atoms with Gasteiger partial charge in [-0.3, -0.25) is 9.36 Å². The first-order valence-electron chi connectivity index (χ1n) is 7.64. The Morgan fingerprint density at radius 1 is 1.33 bits per heavy atom. The first-order chi connectivity index (χ1) is 12.9. The summed E-state index contributed by atoms with van der Waals surface area (Å²) in [5.41, 5.74) is 5.60. The van der Waals surface area contributed by atoms with Gasteiger partial charge in [-0.05, 0) is 23.8 Å². The summed E-state index contributed by atoms with van der Waals surface area (Å²) in [4.78, 5) is 26.2. The summed E-state index contributed by atoms with van der Waals surface area (Å²) in [7, 11) is 1.42. The van der Waals surface area contributed by atoms with Crippen LogP contribution in [0.3, 0.4) is 0 Å². The molecule has 10 heteroatoms. The van der Waals surface area contributed by atoms with Crippen LogP contribution in [0.2, 0.25) is 0 Å². The minimum atomic E-state index is -2.76. The first kappa shape index (κ1) is 19.9. The number of aromatic nitrogens is 2. The molecule has 0 radical (unpaired) electrons. The minimum Gasteiger partial charge on any atom is -0.493 e. The molecule has 1 heterocycles. The van der Waals surface area contributed by atoms with E-state index in [2.05, 4.69) is 4.98 Å². The number of halogens is 2. The molecular weight excluding hydrogens is 364 g/mol. The Morgan fingerprint density at radius 3 is 2.78 bits per heavy atom. The summed E-state index contributed by atoms with van der Waals surface area (Å²) >= 11 is 0. The van der Waals surface area contributed by atoms with Gasteiger partial charge < -0.3 is 19.9 Å². The van der Waals surface area contributed by atoms with Gasteiger partial charge in [0, 0.05) is 18.5 Å². The molecule has 0 aliphatic heterocycles. The van der Waals surface area contributed by atoms with E-state index in [0.717, 1.165) is 12.3 Å². The smallest absolute Gasteiger partial charge is 0.331 e. The number of amides is 1. The molecule has 0 spiro atoms. The number of methoxy groups -OCH3 is 1. The first-order valence-corrected chi connectivity index (χ1v) is 7.64. The summed E-state index contributed by atoms with van der Waals surface area (Å²) in [6.07, 6.45) is 4.87. The molecule has 27 heavy (non-hydrogen) atoms. The van der Waals surface area contributed by atoms with E-state index in [4.69, 9.17) is 19.9 Å². The summed E-state index contributed by atoms with van der Waals surface area (Å²) < 4.78 is 41.2. The van der Waals surface area contributed by atoms with Gasteiger partial charge in [0.2, 0.25) is 0 Å². The summed E-state index contributed by atoms with van der Waals surface area (Å²) in [5, 5.41) is 0. The fourth-order valence-corrected chi connectivity index (χ4v) is 2.04. The zero-order valence-electron chi connectivity index (χ0n) is 14.3. The van der Waals surface area contributed by atoms with Crippen molar-refractivity contribution in [2.45, 2.75) is 13.2 Å². The number of carbonyl (C=O) groups excluding carboxylic acids is 2. The Labute approximate surface area is 153 Å². The number of alkyl halides is 2. The number of imidazole rings is 1. The van der Waals surface area contributed by atoms with Gasteiger partial charge in [0.15, 0.2) is 23.9 Å². The number of nitrogens with zero attached hydrogens (tertiary/aromatic N) is 2. The van der Waals surface area contributed by atoms with Gasteiger partial charge in [0.25, 0.3) is 5.91 Å². The summed E-state index contributed by atoms with van der Waals surface area (Å²) in [5.74, 6) is -0.770. The Morgan fingerprint density at radius 2 is 2.11 bits per heavy atom. The SMILES string of the molecule is COc1cc(C=CC(=O)OCc2nccn2C(F)F)ccc1OCC(N)=O. The monoisotopic (exact) mass is 381 g/mol. The van der Waals surface area contributed by atoms with Gasteiger partial charge in [0.1, 0.15) is 6.61 Å². The van der Waals surface area contributed by atoms with Crippen LogP contribution in [0.25, 0.3) is 6.08 Å². The lowest BCUT2D eigenvalue weighted by molar-refractivity contribution is -0.139. The molecule has 0 aliphatic rings. The predicted molar refractivity (Wildman–Crippen MR) is 90.0 cm³/mol. The molecule has 1 aromatic carbocycles. The number of esters is 1. The van der Waals surface area contributed by atoms with E-state index < -0.39 is 18.4 Å². The van der Waals surface area contributed by atoms with Gasteiger partial charge in [-0.25, -0.2) is 9.78 Å². The van der Waals surface area contributed by atoms with Crippen molar-refractivity contribution >= 4 is 18.0 Å². The van der Waals surface area contributed by atoms with Crippen LogP contribution < -0.4 is 15.2 Å². The highest BCUT2D eigenvalue weighted by Gasteiger charge is 2.12. The van der Waals surface area contributed by atoms with Crippen LogP contribution in [0, 0.1) is 0 Å². The normalized spacial score (nSPS) is 11.0. The third-order valence-corrected chi connectivity index (χ3v) is 3.27. The molecular formula is C17H17F2N3O5. The number of primary amides is 1. The Kier molecular flexibility index (Phi) is 6.86. The van der Waals surface area contributed by atoms with Crippen molar-refractivity contribution in [2.24, 2.45) is 5.73 Å². The van der Waals surface area contributed by atoms with Gasteiger partial charge >= 0.3 is 12.5 Å². The van der Waals surface area contributed by atoms with Crippen LogP contribution in [-0.4, -0.2) is 35.1 Å². The van der Waals surface area contributed by atoms with E-state index >= 15 is 0 Å². The molecule has 0 fully saturated rings. The lowest BCUT2D eigenvalue weighted by Crippen LogP contribution is -2.20. The van der Waals surface area contributed by atoms with Crippen molar-refractivity contribution in [2.75, 3.05) is 13.7 Å². The highest BCUT2D eigenvalue weighted by atomic mass is 19.3. The zero-order valence-corrected chi connectivity index (χ0v) is 14.3. The van der Waals surface area contributed by atoms with Crippen molar-refractivity contribution < 1.29 is 32.6 Å². The number of rotatable bonds is 9. The standard InChI is InChI=1S/C17H17F2N3O5/c1-25-13-8-11(2-4-12(13)26-9-14(20)23)3-5-16(24)27-10-15-21-6-7-22(15)17(18)19/h2-8,17H,9-10H2,1H3,(H2,20,23). The number of nitrogens with two attached hydrogens (primary N) is 1. The maximum Gasteiger partial charge on any atom is 0.331 e. The molecule has 0 aliphatic carbocycles. The van der Waals surface area contributed by atoms with Crippen LogP contribution in [0.4, 0.5) is 8.78 Å². The topological polar surface area (TPSA) is 106 Å². The zero-order chi connectivity index (χ0) is 19.8. The second kappa shape index (κ2) is 9.32. The maximum atomic E-state index is 12.7. The average molecular weight is 381 g/mol. The van der Waals surface area contributed by atoms with E-state index in [-0.39, 0.29) is 19.0 Å². The summed E-state index contributed by atoms with van der Waals surface area (Å²) in [6, 6.07) is 4.74. The fourth-order valence-electron chi connectivity index (χ4n) is 2.04. The molecule has 1 aromatic heterocycles. The number of hydrogen-bond donors (Lipinski definition) is 1. The van der Waals surface area contributed by atoms with Crippen LogP contribution in [0.1, 0.15) is 17.9 Å². The number of carbonyl (C=O) groups is 2. The highest BCUT2D eigenvalue weighted by molar-refractivity contribution is 5.87. The molecule has 2 aromatic rings. The number of hydrogen-bond acceptors (Lipinski definition) is 6. The molecule has 2 rings (SSSR count). The van der Waals surface area contributed by atoms with E-state index in [1.807, 2.05) is 0 Å². The van der Waals surface area contributed by atoms with Crippen molar-refractivity contribution in [3.05, 3.63) is 48.1 Å². The number of ether oxygens (including phenoxy) is 3. The van der Waals surface area contributed by atoms with Gasteiger partial charge in [-0.2, -0.15) is 8.78 Å². The van der Waals surface area contributed by atoms with Crippen molar-refractivity contribution in [3.8, 4) is 11.5 Å². The molecule has 0 bridgehead atoms. The molecule has 0 atom stereocenters. The predicted octanol–water partition coefficient (Wildman–Crippen LogP) is 1.91. The minimum absolute atomic E-state index is 0.0654. The van der Waals surface area contributed by atoms with Crippen molar-refractivity contribution in [1.29, 1.82) is 0 Å². The lowest BCUT2D eigenvalue weighted by atomic mass is 10.2. The largest absolute Gasteiger partial charge is 0.493 e. The van der Waals surface area contributed by atoms with Crippen molar-refractivity contribution in [3.63, 3.8) is 0 Å². The molecule has 0 saturated carbocycles.